The molecule has 8 N–H and O–H groups in total. The van der Waals surface area contributed by atoms with Gasteiger partial charge in [-0.1, -0.05) is 6.07 Å². The average molecular weight is 707 g/mol. The van der Waals surface area contributed by atoms with Gasteiger partial charge < -0.3 is 11.5 Å². The molecule has 3 rings (SSSR count). The van der Waals surface area contributed by atoms with E-state index in [2.05, 4.69) is 4.18 Å². The summed E-state index contributed by atoms with van der Waals surface area (Å²) in [5, 5.41) is 0. The number of benzene rings is 3. The van der Waals surface area contributed by atoms with Crippen molar-refractivity contribution in [3.63, 3.8) is 0 Å². The predicted octanol–water partition coefficient (Wildman–Crippen LogP) is 1.13. The number of aryl methyl sites for hydroxylation is 1. The molecule has 0 aliphatic rings. The lowest BCUT2D eigenvalue weighted by atomic mass is 10.2. The topological polar surface area (TPSA) is 305 Å². The third kappa shape index (κ3) is 14.8. The summed E-state index contributed by atoms with van der Waals surface area (Å²) in [4.78, 5) is -0.606. The van der Waals surface area contributed by atoms with Crippen molar-refractivity contribution in [1.82, 2.24) is 0 Å². The lowest BCUT2D eigenvalue weighted by molar-refractivity contribution is 0.212. The average Bonchev–Trinajstić information content (AvgIpc) is 2.85. The van der Waals surface area contributed by atoms with Crippen molar-refractivity contribution in [3.05, 3.63) is 72.3 Å². The van der Waals surface area contributed by atoms with E-state index in [-0.39, 0.29) is 17.1 Å². The van der Waals surface area contributed by atoms with E-state index in [1.807, 2.05) is 0 Å². The Balaban J connectivity index is 0.000000330. The van der Waals surface area contributed by atoms with Gasteiger partial charge in [-0.25, -0.2) is 8.39 Å². The summed E-state index contributed by atoms with van der Waals surface area (Å²) < 4.78 is 139. The van der Waals surface area contributed by atoms with E-state index in [1.54, 1.807) is 12.1 Å². The third-order valence-corrected chi connectivity index (χ3v) is 8.67. The van der Waals surface area contributed by atoms with Crippen molar-refractivity contribution in [1.29, 1.82) is 0 Å². The summed E-state index contributed by atoms with van der Waals surface area (Å²) in [6, 6.07) is 14.4. The highest BCUT2D eigenvalue weighted by molar-refractivity contribution is 7.86. The molecule has 0 aromatic heterocycles. The van der Waals surface area contributed by atoms with E-state index in [9.17, 15) is 37.9 Å². The van der Waals surface area contributed by atoms with Crippen molar-refractivity contribution in [2.45, 2.75) is 26.5 Å². The molecule has 240 valence electrons. The van der Waals surface area contributed by atoms with Crippen molar-refractivity contribution in [2.24, 2.45) is 0 Å². The molecular weight excluding hydrogens is 681 g/mol. The first-order valence-electron chi connectivity index (χ1n) is 10.9. The van der Waals surface area contributed by atoms with Crippen molar-refractivity contribution >= 4 is 63.2 Å². The first-order valence-corrected chi connectivity index (χ1v) is 17.7. The Kier molecular flexibility index (Phi) is 13.8. The van der Waals surface area contributed by atoms with Crippen LogP contribution in [0, 0.1) is 6.92 Å². The van der Waals surface area contributed by atoms with Gasteiger partial charge in [-0.2, -0.15) is 33.7 Å². The van der Waals surface area contributed by atoms with Crippen LogP contribution < -0.4 is 11.5 Å². The van der Waals surface area contributed by atoms with Crippen LogP contribution in [0.1, 0.15) is 5.56 Å². The molecule has 22 heteroatoms. The maximum atomic E-state index is 11.5. The number of hydrogen-bond acceptors (Lipinski definition) is 13. The van der Waals surface area contributed by atoms with Gasteiger partial charge in [-0.3, -0.25) is 22.4 Å². The molecule has 0 aliphatic carbocycles. The second-order valence-electron chi connectivity index (χ2n) is 7.80. The fourth-order valence-electron chi connectivity index (χ4n) is 2.64. The number of anilines is 2. The fraction of sp³-hybridized carbons (Fsp3) is 0.143. The van der Waals surface area contributed by atoms with Crippen LogP contribution in [0.15, 0.2) is 86.3 Å². The van der Waals surface area contributed by atoms with E-state index in [0.29, 0.717) is 16.3 Å². The molecule has 0 bridgehead atoms. The van der Waals surface area contributed by atoms with Gasteiger partial charge in [0.25, 0.3) is 30.4 Å². The van der Waals surface area contributed by atoms with Gasteiger partial charge in [-0.05, 0) is 73.2 Å². The summed E-state index contributed by atoms with van der Waals surface area (Å²) in [6.07, 6.45) is 0. The van der Waals surface area contributed by atoms with Crippen LogP contribution in [0.25, 0.3) is 0 Å². The summed E-state index contributed by atoms with van der Waals surface area (Å²) in [6.45, 7) is 0.647. The molecule has 17 nitrogen and oxygen atoms in total. The zero-order valence-electron chi connectivity index (χ0n) is 21.7. The maximum Gasteiger partial charge on any atom is 0.397 e. The molecule has 0 radical (unpaired) electrons. The summed E-state index contributed by atoms with van der Waals surface area (Å²) in [5.74, 6) is 0. The molecule has 0 saturated heterocycles. The Morgan fingerprint density at radius 1 is 0.674 bits per heavy atom. The molecule has 1 atom stereocenters. The van der Waals surface area contributed by atoms with Gasteiger partial charge in [0.15, 0.2) is 11.1 Å². The summed E-state index contributed by atoms with van der Waals surface area (Å²) >= 11 is -1.73. The highest BCUT2D eigenvalue weighted by atomic mass is 32.3. The van der Waals surface area contributed by atoms with Gasteiger partial charge in [0.1, 0.15) is 0 Å². The number of nitrogens with two attached hydrogens (primary N) is 2. The Labute approximate surface area is 250 Å². The van der Waals surface area contributed by atoms with Gasteiger partial charge >= 0.3 is 10.4 Å². The van der Waals surface area contributed by atoms with E-state index < -0.39 is 68.2 Å². The normalized spacial score (nSPS) is 12.7. The number of rotatable bonds is 9. The molecule has 0 amide bonds. The van der Waals surface area contributed by atoms with Crippen LogP contribution in [0.5, 0.6) is 0 Å². The lowest BCUT2D eigenvalue weighted by Crippen LogP contribution is -2.11. The van der Waals surface area contributed by atoms with Crippen LogP contribution in [0.4, 0.5) is 11.4 Å². The number of hydrogen-bond donors (Lipinski definition) is 6. The highest BCUT2D eigenvalue weighted by Crippen LogP contribution is 2.19. The first-order chi connectivity index (χ1) is 19.5. The Morgan fingerprint density at radius 2 is 1.21 bits per heavy atom. The number of nitrogen functional groups attached to an aromatic ring is 2. The molecular formula is C21H26N2O15S5. The molecule has 0 saturated carbocycles. The van der Waals surface area contributed by atoms with Gasteiger partial charge in [0, 0.05) is 11.4 Å². The largest absolute Gasteiger partial charge is 0.399 e. The van der Waals surface area contributed by atoms with Crippen LogP contribution in [-0.2, 0) is 60.2 Å². The minimum Gasteiger partial charge on any atom is -0.399 e. The molecule has 43 heavy (non-hydrogen) atoms. The zero-order valence-corrected chi connectivity index (χ0v) is 25.8. The predicted molar refractivity (Wildman–Crippen MR) is 152 cm³/mol. The highest BCUT2D eigenvalue weighted by Gasteiger charge is 2.17. The monoisotopic (exact) mass is 706 g/mol. The minimum atomic E-state index is -4.49. The van der Waals surface area contributed by atoms with Crippen molar-refractivity contribution < 1.29 is 64.5 Å². The summed E-state index contributed by atoms with van der Waals surface area (Å²) in [5.41, 5.74) is 11.6. The van der Waals surface area contributed by atoms with Crippen molar-refractivity contribution in [2.75, 3.05) is 24.7 Å². The Bertz CT molecular complexity index is 1860. The third-order valence-electron chi connectivity index (χ3n) is 4.46. The van der Waals surface area contributed by atoms with E-state index in [4.69, 9.17) is 33.9 Å². The molecule has 3 aromatic carbocycles. The fourth-order valence-corrected chi connectivity index (χ4v) is 5.44. The molecule has 0 spiro atoms. The van der Waals surface area contributed by atoms with Crippen LogP contribution in [0.2, 0.25) is 0 Å². The SMILES string of the molecule is Cc1cc(S(=O)(=O)O)ccc1S(=O)(=O)O.Nc1ccc(S(=O)OCCOS(=O)(=O)O)cc1.Nc1cccc(S(=O)(=O)O)c1. The van der Waals surface area contributed by atoms with E-state index in [1.165, 1.54) is 43.3 Å². The zero-order chi connectivity index (χ0) is 33.2. The van der Waals surface area contributed by atoms with E-state index in [0.717, 1.165) is 18.2 Å². The van der Waals surface area contributed by atoms with Crippen LogP contribution >= 0.6 is 0 Å². The van der Waals surface area contributed by atoms with Crippen LogP contribution in [-0.4, -0.2) is 69.3 Å². The second kappa shape index (κ2) is 15.6. The first kappa shape index (κ1) is 38.0. The molecule has 0 fully saturated rings. The standard InChI is InChI=1S/C8H11NO6S2.C7H8O6S2.C6H7NO3S/c9-7-1-3-8(4-2-7)16(10)14-5-6-15-17(11,12)13;1-5-4-6(14(8,9)10)2-3-7(5)15(11,12)13;7-5-2-1-3-6(4-5)11(8,9)10/h1-4H,5-6,9H2,(H,11,12,13);2-4H,1H3,(H,8,9,10)(H,11,12,13);1-4H,7H2,(H,8,9,10). The van der Waals surface area contributed by atoms with Gasteiger partial charge in [0.2, 0.25) is 0 Å². The quantitative estimate of drug-likeness (QED) is 0.103. The second-order valence-corrected chi connectivity index (χ2v) is 14.3. The van der Waals surface area contributed by atoms with Gasteiger partial charge in [-0.15, -0.1) is 0 Å². The molecule has 0 heterocycles. The Morgan fingerprint density at radius 3 is 1.63 bits per heavy atom. The molecule has 1 unspecified atom stereocenters. The maximum absolute atomic E-state index is 11.5. The minimum absolute atomic E-state index is 0.0348. The van der Waals surface area contributed by atoms with E-state index >= 15 is 0 Å². The smallest absolute Gasteiger partial charge is 0.397 e. The molecule has 3 aromatic rings. The Hall–Kier alpha value is -3.03. The summed E-state index contributed by atoms with van der Waals surface area (Å²) in [7, 11) is -17.3. The van der Waals surface area contributed by atoms with Crippen molar-refractivity contribution in [3.8, 4) is 0 Å². The lowest BCUT2D eigenvalue weighted by Gasteiger charge is -2.03. The molecule has 0 aliphatic heterocycles. The van der Waals surface area contributed by atoms with Crippen LogP contribution in [0.3, 0.4) is 0 Å². The van der Waals surface area contributed by atoms with Gasteiger partial charge in [0.05, 0.1) is 32.8 Å².